The topological polar surface area (TPSA) is 52.0 Å². The van der Waals surface area contributed by atoms with E-state index < -0.39 is 0 Å². The zero-order chi connectivity index (χ0) is 13.5. The quantitative estimate of drug-likeness (QED) is 0.790. The van der Waals surface area contributed by atoms with Crippen LogP contribution in [0, 0.1) is 0 Å². The minimum Gasteiger partial charge on any atom is -0.494 e. The average molecular weight is 281 g/mol. The van der Waals surface area contributed by atoms with Gasteiger partial charge in [0.15, 0.2) is 0 Å². The van der Waals surface area contributed by atoms with E-state index in [0.717, 1.165) is 31.0 Å². The van der Waals surface area contributed by atoms with Crippen molar-refractivity contribution in [2.75, 3.05) is 13.7 Å². The fraction of sp³-hybridized carbons (Fsp3) is 0.385. The van der Waals surface area contributed by atoms with Gasteiger partial charge in [-0.2, -0.15) is 0 Å². The van der Waals surface area contributed by atoms with Crippen molar-refractivity contribution >= 4 is 11.6 Å². The molecule has 5 nitrogen and oxygen atoms in total. The first-order chi connectivity index (χ1) is 9.28. The van der Waals surface area contributed by atoms with Crippen LogP contribution in [-0.4, -0.2) is 28.6 Å². The number of benzene rings is 1. The van der Waals surface area contributed by atoms with Crippen LogP contribution in [0.2, 0.25) is 5.02 Å². The van der Waals surface area contributed by atoms with Crippen molar-refractivity contribution in [2.24, 2.45) is 0 Å². The lowest BCUT2D eigenvalue weighted by Gasteiger charge is -2.05. The van der Waals surface area contributed by atoms with E-state index in [4.69, 9.17) is 16.3 Å². The molecule has 0 saturated carbocycles. The Hall–Kier alpha value is -1.59. The molecule has 2 rings (SSSR count). The van der Waals surface area contributed by atoms with Crippen molar-refractivity contribution in [3.63, 3.8) is 0 Å². The number of hydrogen-bond donors (Lipinski definition) is 1. The number of aryl methyl sites for hydroxylation is 1. The van der Waals surface area contributed by atoms with Crippen molar-refractivity contribution in [3.8, 4) is 5.75 Å². The molecule has 0 atom stereocenters. The lowest BCUT2D eigenvalue weighted by molar-refractivity contribution is 0.298. The van der Waals surface area contributed by atoms with Crippen LogP contribution in [0.25, 0.3) is 0 Å². The number of nitrogens with one attached hydrogen (secondary N) is 1. The number of rotatable bonds is 7. The molecular formula is C13H17ClN4O. The Morgan fingerprint density at radius 3 is 2.84 bits per heavy atom. The molecule has 0 spiro atoms. The van der Waals surface area contributed by atoms with Gasteiger partial charge in [0.1, 0.15) is 5.75 Å². The fourth-order valence-corrected chi connectivity index (χ4v) is 1.78. The summed E-state index contributed by atoms with van der Waals surface area (Å²) in [6.07, 6.45) is 2.82. The molecule has 0 aliphatic carbocycles. The van der Waals surface area contributed by atoms with Crippen molar-refractivity contribution in [1.29, 1.82) is 0 Å². The maximum absolute atomic E-state index is 5.80. The minimum absolute atomic E-state index is 0.642. The zero-order valence-corrected chi connectivity index (χ0v) is 11.6. The minimum atomic E-state index is 0.642. The van der Waals surface area contributed by atoms with Gasteiger partial charge in [0.2, 0.25) is 0 Å². The third-order valence-electron chi connectivity index (χ3n) is 2.56. The Morgan fingerprint density at radius 2 is 2.11 bits per heavy atom. The second-order valence-corrected chi connectivity index (χ2v) is 4.60. The van der Waals surface area contributed by atoms with E-state index in [9.17, 15) is 0 Å². The van der Waals surface area contributed by atoms with Crippen LogP contribution in [-0.2, 0) is 13.1 Å². The third-order valence-corrected chi connectivity index (χ3v) is 2.81. The van der Waals surface area contributed by atoms with Crippen LogP contribution in [0.15, 0.2) is 30.5 Å². The maximum atomic E-state index is 5.80. The molecule has 102 valence electrons. The predicted octanol–water partition coefficient (Wildman–Crippen LogP) is 2.12. The summed E-state index contributed by atoms with van der Waals surface area (Å²) in [4.78, 5) is 0. The van der Waals surface area contributed by atoms with Crippen LogP contribution >= 0.6 is 11.6 Å². The fourth-order valence-electron chi connectivity index (χ4n) is 1.66. The molecule has 0 radical (unpaired) electrons. The SMILES string of the molecule is CNCc1cn(CCCOc2ccc(Cl)cc2)nn1. The van der Waals surface area contributed by atoms with E-state index in [2.05, 4.69) is 15.6 Å². The van der Waals surface area contributed by atoms with Crippen molar-refractivity contribution in [2.45, 2.75) is 19.5 Å². The van der Waals surface area contributed by atoms with Crippen LogP contribution in [0.5, 0.6) is 5.75 Å². The summed E-state index contributed by atoms with van der Waals surface area (Å²) in [7, 11) is 1.89. The monoisotopic (exact) mass is 280 g/mol. The van der Waals surface area contributed by atoms with Gasteiger partial charge in [-0.15, -0.1) is 5.10 Å². The second kappa shape index (κ2) is 7.11. The highest BCUT2D eigenvalue weighted by molar-refractivity contribution is 6.30. The molecule has 19 heavy (non-hydrogen) atoms. The van der Waals surface area contributed by atoms with Gasteiger partial charge >= 0.3 is 0 Å². The highest BCUT2D eigenvalue weighted by Gasteiger charge is 1.99. The molecule has 1 heterocycles. The van der Waals surface area contributed by atoms with Gasteiger partial charge in [-0.3, -0.25) is 4.68 Å². The highest BCUT2D eigenvalue weighted by atomic mass is 35.5. The predicted molar refractivity (Wildman–Crippen MR) is 74.3 cm³/mol. The normalized spacial score (nSPS) is 10.6. The Bertz CT molecular complexity index is 498. The molecule has 0 bridgehead atoms. The van der Waals surface area contributed by atoms with Gasteiger partial charge in [-0.05, 0) is 31.3 Å². The van der Waals surface area contributed by atoms with Crippen LogP contribution in [0.3, 0.4) is 0 Å². The molecule has 0 unspecified atom stereocenters. The summed E-state index contributed by atoms with van der Waals surface area (Å²) in [6, 6.07) is 7.36. The molecule has 1 N–H and O–H groups in total. The van der Waals surface area contributed by atoms with Gasteiger partial charge < -0.3 is 10.1 Å². The van der Waals surface area contributed by atoms with Crippen LogP contribution in [0.1, 0.15) is 12.1 Å². The Labute approximate surface area is 117 Å². The third kappa shape index (κ3) is 4.54. The molecule has 0 amide bonds. The summed E-state index contributed by atoms with van der Waals surface area (Å²) >= 11 is 5.80. The van der Waals surface area contributed by atoms with E-state index in [1.165, 1.54) is 0 Å². The van der Waals surface area contributed by atoms with Gasteiger partial charge in [-0.1, -0.05) is 16.8 Å². The summed E-state index contributed by atoms with van der Waals surface area (Å²) in [5.41, 5.74) is 0.945. The first kappa shape index (κ1) is 13.8. The smallest absolute Gasteiger partial charge is 0.119 e. The number of hydrogen-bond acceptors (Lipinski definition) is 4. The lowest BCUT2D eigenvalue weighted by atomic mass is 10.3. The molecule has 0 aliphatic rings. The Balaban J connectivity index is 1.69. The molecule has 1 aromatic heterocycles. The van der Waals surface area contributed by atoms with Gasteiger partial charge in [-0.25, -0.2) is 0 Å². The molecule has 0 fully saturated rings. The Kier molecular flexibility index (Phi) is 5.18. The maximum Gasteiger partial charge on any atom is 0.119 e. The second-order valence-electron chi connectivity index (χ2n) is 4.16. The van der Waals surface area contributed by atoms with Gasteiger partial charge in [0.05, 0.1) is 12.3 Å². The van der Waals surface area contributed by atoms with E-state index in [1.54, 1.807) is 0 Å². The summed E-state index contributed by atoms with van der Waals surface area (Å²) < 4.78 is 7.44. The van der Waals surface area contributed by atoms with Gasteiger partial charge in [0.25, 0.3) is 0 Å². The number of halogens is 1. The first-order valence-electron chi connectivity index (χ1n) is 6.20. The standard InChI is InChI=1S/C13H17ClN4O/c1-15-9-12-10-18(17-16-12)7-2-8-19-13-5-3-11(14)4-6-13/h3-6,10,15H,2,7-9H2,1H3. The van der Waals surface area contributed by atoms with Crippen LogP contribution in [0.4, 0.5) is 0 Å². The molecule has 6 heteroatoms. The lowest BCUT2D eigenvalue weighted by Crippen LogP contribution is -2.06. The summed E-state index contributed by atoms with van der Waals surface area (Å²) in [5.74, 6) is 0.832. The molecular weight excluding hydrogens is 264 g/mol. The van der Waals surface area contributed by atoms with Crippen molar-refractivity contribution < 1.29 is 4.74 Å². The molecule has 2 aromatic rings. The average Bonchev–Trinajstić information content (AvgIpc) is 2.85. The highest BCUT2D eigenvalue weighted by Crippen LogP contribution is 2.15. The number of ether oxygens (including phenoxy) is 1. The number of nitrogens with zero attached hydrogens (tertiary/aromatic N) is 3. The largest absolute Gasteiger partial charge is 0.494 e. The first-order valence-corrected chi connectivity index (χ1v) is 6.57. The van der Waals surface area contributed by atoms with Crippen LogP contribution < -0.4 is 10.1 Å². The van der Waals surface area contributed by atoms with E-state index in [0.29, 0.717) is 11.6 Å². The van der Waals surface area contributed by atoms with Crippen molar-refractivity contribution in [3.05, 3.63) is 41.2 Å². The molecule has 1 aromatic carbocycles. The molecule has 0 saturated heterocycles. The van der Waals surface area contributed by atoms with E-state index >= 15 is 0 Å². The van der Waals surface area contributed by atoms with E-state index in [-0.39, 0.29) is 0 Å². The molecule has 0 aliphatic heterocycles. The van der Waals surface area contributed by atoms with Crippen molar-refractivity contribution in [1.82, 2.24) is 20.3 Å². The number of aromatic nitrogens is 3. The summed E-state index contributed by atoms with van der Waals surface area (Å²) in [5, 5.41) is 11.8. The van der Waals surface area contributed by atoms with Gasteiger partial charge in [0, 0.05) is 30.7 Å². The zero-order valence-electron chi connectivity index (χ0n) is 10.8. The Morgan fingerprint density at radius 1 is 1.32 bits per heavy atom. The summed E-state index contributed by atoms with van der Waals surface area (Å²) in [6.45, 7) is 2.18. The van der Waals surface area contributed by atoms with E-state index in [1.807, 2.05) is 42.2 Å².